The molecule has 0 saturated carbocycles. The maximum atomic E-state index is 3.67. The Kier molecular flexibility index (Phi) is 3.01. The second kappa shape index (κ2) is 3.08. The van der Waals surface area contributed by atoms with Crippen LogP contribution in [0.25, 0.3) is 0 Å². The minimum absolute atomic E-state index is 0. The summed E-state index contributed by atoms with van der Waals surface area (Å²) in [5.41, 5.74) is 0. The first-order chi connectivity index (χ1) is 2.50. The summed E-state index contributed by atoms with van der Waals surface area (Å²) >= 11 is 0. The van der Waals surface area contributed by atoms with Gasteiger partial charge in [0.05, 0.1) is 6.33 Å². The Hall–Kier alpha value is -0.128. The molecule has 0 unspecified atom stereocenters. The summed E-state index contributed by atoms with van der Waals surface area (Å²) in [5, 5.41) is 0. The number of hydrogen-bond acceptors (Lipinski definition) is 1. The predicted octanol–water partition coefficient (Wildman–Crippen LogP) is 0.407. The van der Waals surface area contributed by atoms with Gasteiger partial charge in [0, 0.05) is 32.8 Å². The zero-order chi connectivity index (χ0) is 3.54. The maximum Gasteiger partial charge on any atom is 0.0919 e. The molecule has 0 aromatic carbocycles. The summed E-state index contributed by atoms with van der Waals surface area (Å²) in [6.45, 7) is 0. The van der Waals surface area contributed by atoms with E-state index in [1.54, 1.807) is 18.7 Å². The Balaban J connectivity index is 0.000000250. The molecule has 0 atom stereocenters. The van der Waals surface area contributed by atoms with Gasteiger partial charge in [-0.2, -0.15) is 0 Å². The van der Waals surface area contributed by atoms with Crippen molar-refractivity contribution in [1.82, 2.24) is 9.97 Å². The Morgan fingerprint density at radius 2 is 2.33 bits per heavy atom. The molecule has 0 aliphatic carbocycles. The van der Waals surface area contributed by atoms with E-state index in [0.717, 1.165) is 0 Å². The van der Waals surface area contributed by atoms with Crippen molar-refractivity contribution in [3.05, 3.63) is 18.7 Å². The number of H-pyrrole nitrogens is 1. The van der Waals surface area contributed by atoms with Crippen molar-refractivity contribution >= 4 is 0 Å². The van der Waals surface area contributed by atoms with Crippen molar-refractivity contribution in [3.63, 3.8) is 0 Å². The van der Waals surface area contributed by atoms with Gasteiger partial charge in [0.25, 0.3) is 0 Å². The molecular formula is C3H4N2Pd. The third-order valence-corrected chi connectivity index (χ3v) is 0.406. The monoisotopic (exact) mass is 174 g/mol. The van der Waals surface area contributed by atoms with Gasteiger partial charge in [-0.25, -0.2) is 4.98 Å². The number of aromatic amines is 1. The fourth-order valence-corrected chi connectivity index (χ4v) is 0.215. The third kappa shape index (κ3) is 1.35. The largest absolute Gasteiger partial charge is 0.351 e. The Morgan fingerprint density at radius 1 is 1.50 bits per heavy atom. The molecule has 0 amide bonds. The molecule has 3 heteroatoms. The normalized spacial score (nSPS) is 6.67. The summed E-state index contributed by atoms with van der Waals surface area (Å²) in [5.74, 6) is 0. The Labute approximate surface area is 49.6 Å². The van der Waals surface area contributed by atoms with Crippen LogP contribution in [-0.2, 0) is 20.4 Å². The van der Waals surface area contributed by atoms with E-state index in [4.69, 9.17) is 0 Å². The topological polar surface area (TPSA) is 28.7 Å². The summed E-state index contributed by atoms with van der Waals surface area (Å²) in [6, 6.07) is 0. The van der Waals surface area contributed by atoms with Crippen LogP contribution in [0, 0.1) is 0 Å². The average Bonchev–Trinajstić information content (AvgIpc) is 1.76. The number of rotatable bonds is 0. The van der Waals surface area contributed by atoms with Crippen LogP contribution in [0.15, 0.2) is 18.7 Å². The van der Waals surface area contributed by atoms with Crippen LogP contribution in [0.3, 0.4) is 0 Å². The van der Waals surface area contributed by atoms with E-state index in [1.165, 1.54) is 0 Å². The molecule has 0 aliphatic rings. The number of nitrogens with zero attached hydrogens (tertiary/aromatic N) is 1. The van der Waals surface area contributed by atoms with Gasteiger partial charge >= 0.3 is 0 Å². The molecule has 0 radical (unpaired) electrons. The molecule has 1 rings (SSSR count). The van der Waals surface area contributed by atoms with E-state index in [2.05, 4.69) is 9.97 Å². The second-order valence-corrected chi connectivity index (χ2v) is 0.761. The van der Waals surface area contributed by atoms with E-state index < -0.39 is 0 Å². The van der Waals surface area contributed by atoms with Crippen LogP contribution in [0.5, 0.6) is 0 Å². The Morgan fingerprint density at radius 3 is 2.50 bits per heavy atom. The zero-order valence-corrected chi connectivity index (χ0v) is 4.55. The van der Waals surface area contributed by atoms with Gasteiger partial charge in [0.2, 0.25) is 0 Å². The van der Waals surface area contributed by atoms with Gasteiger partial charge in [-0.1, -0.05) is 0 Å². The van der Waals surface area contributed by atoms with Crippen LogP contribution >= 0.6 is 0 Å². The quantitative estimate of drug-likeness (QED) is 0.567. The molecular weight excluding hydrogens is 170 g/mol. The summed E-state index contributed by atoms with van der Waals surface area (Å²) in [4.78, 5) is 6.42. The third-order valence-electron chi connectivity index (χ3n) is 0.406. The molecule has 0 aliphatic heterocycles. The van der Waals surface area contributed by atoms with Crippen molar-refractivity contribution in [2.45, 2.75) is 0 Å². The number of hydrogen-bond donors (Lipinski definition) is 1. The van der Waals surface area contributed by atoms with Gasteiger partial charge in [0.1, 0.15) is 0 Å². The SMILES string of the molecule is [Pd].c1c[nH]cn1. The van der Waals surface area contributed by atoms with Crippen LogP contribution in [0.1, 0.15) is 0 Å². The molecule has 0 spiro atoms. The summed E-state index contributed by atoms with van der Waals surface area (Å²) in [7, 11) is 0. The van der Waals surface area contributed by atoms with Crippen molar-refractivity contribution in [2.24, 2.45) is 0 Å². The molecule has 0 saturated heterocycles. The molecule has 1 aromatic rings. The van der Waals surface area contributed by atoms with Gasteiger partial charge in [0.15, 0.2) is 0 Å². The first-order valence-electron chi connectivity index (χ1n) is 1.43. The first kappa shape index (κ1) is 5.87. The van der Waals surface area contributed by atoms with Crippen molar-refractivity contribution in [1.29, 1.82) is 0 Å². The van der Waals surface area contributed by atoms with Crippen LogP contribution < -0.4 is 0 Å². The average molecular weight is 174 g/mol. The van der Waals surface area contributed by atoms with E-state index in [-0.39, 0.29) is 20.4 Å². The summed E-state index contributed by atoms with van der Waals surface area (Å²) in [6.07, 6.45) is 5.08. The maximum absolute atomic E-state index is 3.67. The minimum Gasteiger partial charge on any atom is -0.351 e. The molecule has 2 nitrogen and oxygen atoms in total. The molecule has 0 fully saturated rings. The van der Waals surface area contributed by atoms with Crippen LogP contribution in [-0.4, -0.2) is 9.97 Å². The van der Waals surface area contributed by atoms with Gasteiger partial charge in [-0.05, 0) is 0 Å². The molecule has 1 heterocycles. The van der Waals surface area contributed by atoms with Gasteiger partial charge in [-0.15, -0.1) is 0 Å². The molecule has 36 valence electrons. The van der Waals surface area contributed by atoms with E-state index in [9.17, 15) is 0 Å². The first-order valence-corrected chi connectivity index (χ1v) is 1.43. The Bertz CT molecular complexity index is 65.3. The number of imidazole rings is 1. The molecule has 6 heavy (non-hydrogen) atoms. The molecule has 1 N–H and O–H groups in total. The molecule has 0 bridgehead atoms. The van der Waals surface area contributed by atoms with E-state index >= 15 is 0 Å². The standard InChI is InChI=1S/C3H4N2.Pd/c1-2-5-3-4-1;/h1-3H,(H,4,5);. The van der Waals surface area contributed by atoms with Gasteiger partial charge < -0.3 is 4.98 Å². The van der Waals surface area contributed by atoms with E-state index in [1.807, 2.05) is 0 Å². The van der Waals surface area contributed by atoms with Crippen molar-refractivity contribution in [3.8, 4) is 0 Å². The fourth-order valence-electron chi connectivity index (χ4n) is 0.215. The van der Waals surface area contributed by atoms with Crippen LogP contribution in [0.2, 0.25) is 0 Å². The minimum atomic E-state index is 0. The second-order valence-electron chi connectivity index (χ2n) is 0.761. The van der Waals surface area contributed by atoms with Crippen molar-refractivity contribution < 1.29 is 20.4 Å². The fraction of sp³-hybridized carbons (Fsp3) is 0. The number of aromatic nitrogens is 2. The van der Waals surface area contributed by atoms with Crippen LogP contribution in [0.4, 0.5) is 0 Å². The predicted molar refractivity (Wildman–Crippen MR) is 18.6 cm³/mol. The zero-order valence-electron chi connectivity index (χ0n) is 3.00. The van der Waals surface area contributed by atoms with Crippen molar-refractivity contribution in [2.75, 3.05) is 0 Å². The smallest absolute Gasteiger partial charge is 0.0919 e. The van der Waals surface area contributed by atoms with Gasteiger partial charge in [-0.3, -0.25) is 0 Å². The molecule has 1 aromatic heterocycles. The number of nitrogens with one attached hydrogen (secondary N) is 1. The van der Waals surface area contributed by atoms with E-state index in [0.29, 0.717) is 0 Å². The summed E-state index contributed by atoms with van der Waals surface area (Å²) < 4.78 is 0.